The average molecular weight is 455 g/mol. The first-order valence-corrected chi connectivity index (χ1v) is 11.3. The van der Waals surface area contributed by atoms with E-state index in [0.29, 0.717) is 45.0 Å². The Bertz CT molecular complexity index is 1040. The van der Waals surface area contributed by atoms with Gasteiger partial charge in [0, 0.05) is 30.8 Å². The van der Waals surface area contributed by atoms with E-state index in [0.717, 1.165) is 22.6 Å². The maximum absolute atomic E-state index is 12.7. The Morgan fingerprint density at radius 2 is 2.00 bits per heavy atom. The lowest BCUT2D eigenvalue weighted by Gasteiger charge is -2.16. The highest BCUT2D eigenvalue weighted by molar-refractivity contribution is 7.91. The van der Waals surface area contributed by atoms with Crippen LogP contribution in [0.25, 0.3) is 11.0 Å². The summed E-state index contributed by atoms with van der Waals surface area (Å²) in [4.78, 5) is 9.69. The minimum atomic E-state index is -1.22. The van der Waals surface area contributed by atoms with Crippen molar-refractivity contribution in [3.8, 4) is 0 Å². The molecule has 0 bridgehead atoms. The monoisotopic (exact) mass is 454 g/mol. The first-order chi connectivity index (χ1) is 13.7. The summed E-state index contributed by atoms with van der Waals surface area (Å²) in [5, 5.41) is 0.943. The maximum Gasteiger partial charge on any atom is 0.171 e. The SMILES string of the molecule is COC(C)c1nc2c(N)nc(C)c(C)c2n1CCC[S+]([O-])c1ccc(Cl)cc1Cl. The lowest BCUT2D eigenvalue weighted by molar-refractivity contribution is 0.109. The van der Waals surface area contributed by atoms with Gasteiger partial charge in [-0.1, -0.05) is 23.2 Å². The molecule has 2 N–H and O–H groups in total. The number of hydrogen-bond acceptors (Lipinski definition) is 5. The Morgan fingerprint density at radius 1 is 1.28 bits per heavy atom. The third kappa shape index (κ3) is 4.49. The number of fused-ring (bicyclic) bond motifs is 1. The predicted octanol–water partition coefficient (Wildman–Crippen LogP) is 4.84. The summed E-state index contributed by atoms with van der Waals surface area (Å²) in [5.74, 6) is 1.64. The molecule has 0 saturated heterocycles. The fraction of sp³-hybridized carbons (Fsp3) is 0.400. The topological polar surface area (TPSA) is 89.0 Å². The molecule has 2 heterocycles. The zero-order valence-electron chi connectivity index (χ0n) is 16.8. The van der Waals surface area contributed by atoms with Crippen molar-refractivity contribution in [1.29, 1.82) is 0 Å². The molecule has 0 aliphatic rings. The van der Waals surface area contributed by atoms with E-state index in [1.807, 2.05) is 20.8 Å². The molecule has 3 aromatic rings. The number of rotatable bonds is 7. The smallest absolute Gasteiger partial charge is 0.171 e. The van der Waals surface area contributed by atoms with E-state index in [-0.39, 0.29) is 6.10 Å². The number of hydrogen-bond donors (Lipinski definition) is 1. The molecular formula is C20H24Cl2N4O2S. The number of methoxy groups -OCH3 is 1. The molecule has 6 nitrogen and oxygen atoms in total. The van der Waals surface area contributed by atoms with Crippen LogP contribution in [-0.2, 0) is 22.5 Å². The van der Waals surface area contributed by atoms with Crippen LogP contribution in [0.3, 0.4) is 0 Å². The largest absolute Gasteiger partial charge is 0.611 e. The van der Waals surface area contributed by atoms with Crippen LogP contribution in [0.2, 0.25) is 10.0 Å². The third-order valence-electron chi connectivity index (χ3n) is 4.99. The summed E-state index contributed by atoms with van der Waals surface area (Å²) in [5.41, 5.74) is 9.64. The molecule has 2 unspecified atom stereocenters. The van der Waals surface area contributed by atoms with Gasteiger partial charge in [0.2, 0.25) is 0 Å². The van der Waals surface area contributed by atoms with E-state index in [1.54, 1.807) is 25.3 Å². The van der Waals surface area contributed by atoms with E-state index in [9.17, 15) is 4.55 Å². The van der Waals surface area contributed by atoms with Gasteiger partial charge in [-0.05, 0) is 55.7 Å². The van der Waals surface area contributed by atoms with Crippen molar-refractivity contribution >= 4 is 51.2 Å². The summed E-state index contributed by atoms with van der Waals surface area (Å²) < 4.78 is 20.3. The number of imidazole rings is 1. The Hall–Kier alpha value is -1.51. The van der Waals surface area contributed by atoms with Crippen LogP contribution < -0.4 is 5.73 Å². The lowest BCUT2D eigenvalue weighted by atomic mass is 10.2. The second-order valence-corrected chi connectivity index (χ2v) is 9.26. The Labute approximate surface area is 183 Å². The molecule has 156 valence electrons. The fourth-order valence-corrected chi connectivity index (χ4v) is 5.06. The van der Waals surface area contributed by atoms with E-state index in [2.05, 4.69) is 9.55 Å². The number of pyridine rings is 1. The second-order valence-electron chi connectivity index (χ2n) is 6.88. The molecule has 0 amide bonds. The molecular weight excluding hydrogens is 431 g/mol. The molecule has 1 aromatic carbocycles. The number of ether oxygens (including phenoxy) is 1. The Balaban J connectivity index is 1.88. The van der Waals surface area contributed by atoms with Crippen molar-refractivity contribution < 1.29 is 9.29 Å². The van der Waals surface area contributed by atoms with E-state index in [1.165, 1.54) is 0 Å². The summed E-state index contributed by atoms with van der Waals surface area (Å²) in [7, 11) is 1.64. The standard InChI is InChI=1S/C20H24Cl2N4O2S/c1-11-12(2)24-19(23)17-18(11)26(20(25-17)13(3)28-4)8-5-9-29(27)16-7-6-14(21)10-15(16)22/h6-7,10,13H,5,8-9H2,1-4H3,(H2,23,24). The number of nitrogens with zero attached hydrogens (tertiary/aromatic N) is 3. The van der Waals surface area contributed by atoms with Crippen molar-refractivity contribution in [2.45, 2.75) is 44.7 Å². The first kappa shape index (κ1) is 22.2. The summed E-state index contributed by atoms with van der Waals surface area (Å²) >= 11 is 10.9. The fourth-order valence-electron chi connectivity index (χ4n) is 3.28. The number of halogens is 2. The van der Waals surface area contributed by atoms with Gasteiger partial charge in [-0.2, -0.15) is 0 Å². The average Bonchev–Trinajstić information content (AvgIpc) is 3.05. The van der Waals surface area contributed by atoms with Gasteiger partial charge in [0.05, 0.1) is 10.5 Å². The highest BCUT2D eigenvalue weighted by Crippen LogP contribution is 2.30. The predicted molar refractivity (Wildman–Crippen MR) is 119 cm³/mol. The van der Waals surface area contributed by atoms with Gasteiger partial charge in [-0.3, -0.25) is 0 Å². The Kier molecular flexibility index (Phi) is 6.96. The van der Waals surface area contributed by atoms with Gasteiger partial charge in [0.1, 0.15) is 23.2 Å². The summed E-state index contributed by atoms with van der Waals surface area (Å²) in [6, 6.07) is 5.02. The van der Waals surface area contributed by atoms with E-state index in [4.69, 9.17) is 38.7 Å². The number of anilines is 1. The molecule has 9 heteroatoms. The number of nitrogens with two attached hydrogens (primary N) is 1. The van der Waals surface area contributed by atoms with Gasteiger partial charge in [0.25, 0.3) is 0 Å². The molecule has 0 aliphatic carbocycles. The second kappa shape index (κ2) is 9.10. The third-order valence-corrected chi connectivity index (χ3v) is 7.16. The molecule has 0 fully saturated rings. The minimum Gasteiger partial charge on any atom is -0.611 e. The van der Waals surface area contributed by atoms with Crippen molar-refractivity contribution in [2.24, 2.45) is 0 Å². The molecule has 0 aliphatic heterocycles. The van der Waals surface area contributed by atoms with E-state index < -0.39 is 11.2 Å². The number of nitrogen functional groups attached to an aromatic ring is 1. The molecule has 0 spiro atoms. The summed E-state index contributed by atoms with van der Waals surface area (Å²) in [6.45, 7) is 6.50. The van der Waals surface area contributed by atoms with Gasteiger partial charge in [-0.25, -0.2) is 9.97 Å². The van der Waals surface area contributed by atoms with Crippen molar-refractivity contribution in [3.05, 3.63) is 45.3 Å². The highest BCUT2D eigenvalue weighted by atomic mass is 35.5. The zero-order valence-corrected chi connectivity index (χ0v) is 19.2. The van der Waals surface area contributed by atoms with Gasteiger partial charge < -0.3 is 19.6 Å². The summed E-state index contributed by atoms with van der Waals surface area (Å²) in [6.07, 6.45) is 0.457. The number of aryl methyl sites for hydroxylation is 3. The molecule has 3 rings (SSSR count). The number of benzene rings is 1. The van der Waals surface area contributed by atoms with Crippen molar-refractivity contribution in [1.82, 2.24) is 14.5 Å². The van der Waals surface area contributed by atoms with Crippen molar-refractivity contribution in [3.63, 3.8) is 0 Å². The van der Waals surface area contributed by atoms with Crippen LogP contribution in [-0.4, -0.2) is 32.0 Å². The molecule has 2 atom stereocenters. The van der Waals surface area contributed by atoms with Crippen LogP contribution in [0.5, 0.6) is 0 Å². The highest BCUT2D eigenvalue weighted by Gasteiger charge is 2.22. The van der Waals surface area contributed by atoms with Crippen molar-refractivity contribution in [2.75, 3.05) is 18.6 Å². The van der Waals surface area contributed by atoms with Crippen LogP contribution in [0.1, 0.15) is 36.5 Å². The first-order valence-electron chi connectivity index (χ1n) is 9.23. The molecule has 2 aromatic heterocycles. The van der Waals surface area contributed by atoms with E-state index >= 15 is 0 Å². The lowest BCUT2D eigenvalue weighted by Crippen LogP contribution is -2.14. The van der Waals surface area contributed by atoms with Crippen LogP contribution >= 0.6 is 23.2 Å². The minimum absolute atomic E-state index is 0.210. The quantitative estimate of drug-likeness (QED) is 0.515. The van der Waals surface area contributed by atoms with Gasteiger partial charge in [-0.15, -0.1) is 0 Å². The van der Waals surface area contributed by atoms with Crippen LogP contribution in [0, 0.1) is 13.8 Å². The van der Waals surface area contributed by atoms with Gasteiger partial charge in [0.15, 0.2) is 10.7 Å². The van der Waals surface area contributed by atoms with Gasteiger partial charge >= 0.3 is 0 Å². The number of aromatic nitrogens is 3. The zero-order chi connectivity index (χ0) is 21.3. The van der Waals surface area contributed by atoms with Crippen LogP contribution in [0.15, 0.2) is 23.1 Å². The van der Waals surface area contributed by atoms with Crippen LogP contribution in [0.4, 0.5) is 5.82 Å². The Morgan fingerprint density at radius 3 is 2.66 bits per heavy atom. The molecule has 29 heavy (non-hydrogen) atoms. The normalized spacial score (nSPS) is 13.8. The molecule has 0 saturated carbocycles. The maximum atomic E-state index is 12.7. The molecule has 0 radical (unpaired) electrons.